The zero-order valence-corrected chi connectivity index (χ0v) is 35.2. The van der Waals surface area contributed by atoms with Crippen LogP contribution in [0.3, 0.4) is 0 Å². The number of carbonyl (C=O) groups is 4. The number of nitrogens with one attached hydrogen (secondary N) is 3. The van der Waals surface area contributed by atoms with Gasteiger partial charge in [0.05, 0.1) is 49.0 Å². The molecule has 4 fully saturated rings. The third-order valence-electron chi connectivity index (χ3n) is 13.4. The molecular weight excluding hydrogens is 787 g/mol. The Morgan fingerprint density at radius 3 is 2.41 bits per heavy atom. The van der Waals surface area contributed by atoms with Crippen molar-refractivity contribution in [2.24, 2.45) is 5.92 Å². The van der Waals surface area contributed by atoms with E-state index in [2.05, 4.69) is 47.7 Å². The number of fused-ring (bicyclic) bond motifs is 1. The zero-order chi connectivity index (χ0) is 42.8. The molecular formula is C44H56F2N10O5. The van der Waals surface area contributed by atoms with Crippen molar-refractivity contribution in [2.75, 3.05) is 67.4 Å². The summed E-state index contributed by atoms with van der Waals surface area (Å²) in [6.45, 7) is 2.18. The number of amides is 4. The molecule has 5 aliphatic rings. The van der Waals surface area contributed by atoms with Crippen LogP contribution in [0.15, 0.2) is 42.7 Å². The number of alkyl halides is 2. The number of piperidine rings is 2. The summed E-state index contributed by atoms with van der Waals surface area (Å²) in [6, 6.07) is 9.40. The summed E-state index contributed by atoms with van der Waals surface area (Å²) in [5.41, 5.74) is 2.94. The first-order valence-corrected chi connectivity index (χ1v) is 21.7. The van der Waals surface area contributed by atoms with Gasteiger partial charge in [0.15, 0.2) is 5.82 Å². The van der Waals surface area contributed by atoms with Gasteiger partial charge in [-0.15, -0.1) is 0 Å². The highest BCUT2D eigenvalue weighted by atomic mass is 19.3. The minimum atomic E-state index is -3.57. The van der Waals surface area contributed by atoms with Gasteiger partial charge < -0.3 is 35.0 Å². The van der Waals surface area contributed by atoms with Crippen LogP contribution in [0.2, 0.25) is 0 Å². The first kappa shape index (κ1) is 42.2. The summed E-state index contributed by atoms with van der Waals surface area (Å²) in [6.07, 6.45) is 13.4. The van der Waals surface area contributed by atoms with E-state index < -0.39 is 18.4 Å². The van der Waals surface area contributed by atoms with Gasteiger partial charge in [0.25, 0.3) is 11.8 Å². The van der Waals surface area contributed by atoms with Crippen molar-refractivity contribution < 1.29 is 32.7 Å². The fraction of sp³-hybridized carbons (Fsp3) is 0.568. The fourth-order valence-electron chi connectivity index (χ4n) is 9.79. The lowest BCUT2D eigenvalue weighted by Crippen LogP contribution is -2.48. The Hall–Kier alpha value is -5.45. The van der Waals surface area contributed by atoms with Gasteiger partial charge in [-0.2, -0.15) is 13.8 Å². The molecule has 326 valence electrons. The van der Waals surface area contributed by atoms with Gasteiger partial charge >= 0.3 is 5.92 Å². The van der Waals surface area contributed by atoms with E-state index in [9.17, 15) is 19.2 Å². The average molecular weight is 843 g/mol. The lowest BCUT2D eigenvalue weighted by atomic mass is 9.88. The summed E-state index contributed by atoms with van der Waals surface area (Å²) in [7, 11) is 5.05. The summed E-state index contributed by atoms with van der Waals surface area (Å²) in [5.74, 6) is -4.48. The molecule has 15 nitrogen and oxygen atoms in total. The van der Waals surface area contributed by atoms with Crippen LogP contribution in [0.4, 0.5) is 37.6 Å². The van der Waals surface area contributed by atoms with Crippen molar-refractivity contribution in [3.05, 3.63) is 54.0 Å². The number of carbonyl (C=O) groups excluding carboxylic acids is 4. The van der Waals surface area contributed by atoms with E-state index in [1.807, 2.05) is 18.3 Å². The number of hydrogen-bond acceptors (Lipinski definition) is 12. The number of halogens is 2. The van der Waals surface area contributed by atoms with E-state index in [1.165, 1.54) is 20.4 Å². The normalized spacial score (nSPS) is 23.7. The molecule has 3 N–H and O–H groups in total. The van der Waals surface area contributed by atoms with E-state index in [4.69, 9.17) is 4.74 Å². The van der Waals surface area contributed by atoms with Gasteiger partial charge in [-0.05, 0) is 101 Å². The molecule has 17 heteroatoms. The molecule has 3 aromatic rings. The van der Waals surface area contributed by atoms with Gasteiger partial charge in [0, 0.05) is 56.8 Å². The Labute approximate surface area is 355 Å². The Morgan fingerprint density at radius 1 is 0.967 bits per heavy atom. The Balaban J connectivity index is 0.810. The first-order valence-electron chi connectivity index (χ1n) is 21.7. The van der Waals surface area contributed by atoms with E-state index in [-0.39, 0.29) is 53.2 Å². The van der Waals surface area contributed by atoms with Gasteiger partial charge in [0.1, 0.15) is 11.4 Å². The van der Waals surface area contributed by atoms with Crippen molar-refractivity contribution >= 4 is 52.5 Å². The van der Waals surface area contributed by atoms with Crippen molar-refractivity contribution in [1.82, 2.24) is 30.5 Å². The quantitative estimate of drug-likeness (QED) is 0.211. The lowest BCUT2D eigenvalue weighted by Gasteiger charge is -2.39. The molecule has 3 aliphatic heterocycles. The number of benzene rings is 1. The molecule has 0 bridgehead atoms. The second kappa shape index (κ2) is 17.9. The first-order chi connectivity index (χ1) is 29.4. The van der Waals surface area contributed by atoms with Crippen molar-refractivity contribution in [1.29, 1.82) is 0 Å². The molecule has 1 unspecified atom stereocenters. The highest BCUT2D eigenvalue weighted by Gasteiger charge is 2.49. The predicted molar refractivity (Wildman–Crippen MR) is 227 cm³/mol. The second-order valence-corrected chi connectivity index (χ2v) is 17.4. The second-order valence-electron chi connectivity index (χ2n) is 17.4. The summed E-state index contributed by atoms with van der Waals surface area (Å²) in [4.78, 5) is 70.9. The number of imide groups is 1. The van der Waals surface area contributed by atoms with Crippen LogP contribution in [0, 0.1) is 5.92 Å². The highest BCUT2D eigenvalue weighted by Crippen LogP contribution is 2.40. The Bertz CT molecular complexity index is 2100. The minimum absolute atomic E-state index is 0.0624. The van der Waals surface area contributed by atoms with Crippen molar-refractivity contribution in [3.63, 3.8) is 0 Å². The van der Waals surface area contributed by atoms with Crippen LogP contribution >= 0.6 is 0 Å². The van der Waals surface area contributed by atoms with Gasteiger partial charge in [0.2, 0.25) is 17.8 Å². The van der Waals surface area contributed by atoms with Crippen LogP contribution in [-0.4, -0.2) is 115 Å². The maximum absolute atomic E-state index is 15.0. The standard InChI is InChI=1S/C44H56F2N10O5/c1-53(25-27-18-20-55(21-19-27)32-13-16-34(47-23-32)33-14-17-38(57)51-41(33)59)30-11-9-29(10-12-30)49-40(58)28-8-15-35(37(22-28)61-3)50-43-48-24-36-39(52-43)56(31-6-4-5-7-31)26-44(45,46)42(60)54(36)2/h8,13,15-16,22-24,27,29-31,33H,4-7,9-12,14,17-21,25-26H2,1-3H3,(H,49,58)(H,48,50,52)(H,51,57,59). The molecule has 5 heterocycles. The number of pyridine rings is 1. The Morgan fingerprint density at radius 2 is 1.72 bits per heavy atom. The van der Waals surface area contributed by atoms with Crippen LogP contribution < -0.4 is 35.4 Å². The number of methoxy groups -OCH3 is 1. The molecule has 2 aliphatic carbocycles. The monoisotopic (exact) mass is 842 g/mol. The molecule has 1 atom stereocenters. The van der Waals surface area contributed by atoms with E-state index >= 15 is 8.78 Å². The highest BCUT2D eigenvalue weighted by molar-refractivity contribution is 6.02. The molecule has 2 aromatic heterocycles. The van der Waals surface area contributed by atoms with Gasteiger partial charge in [-0.3, -0.25) is 29.5 Å². The number of anilines is 5. The lowest BCUT2D eigenvalue weighted by molar-refractivity contribution is -0.140. The van der Waals surface area contributed by atoms with E-state index in [0.29, 0.717) is 47.5 Å². The number of nitrogens with zero attached hydrogens (tertiary/aromatic N) is 7. The summed E-state index contributed by atoms with van der Waals surface area (Å²) in [5, 5.41) is 8.78. The number of ether oxygens (including phenoxy) is 1. The summed E-state index contributed by atoms with van der Waals surface area (Å²) < 4.78 is 35.8. The van der Waals surface area contributed by atoms with Gasteiger partial charge in [-0.1, -0.05) is 12.8 Å². The third-order valence-corrected chi connectivity index (χ3v) is 13.4. The Kier molecular flexibility index (Phi) is 12.4. The number of rotatable bonds is 11. The molecule has 1 aromatic carbocycles. The number of hydrogen-bond donors (Lipinski definition) is 3. The van der Waals surface area contributed by atoms with Crippen LogP contribution in [-0.2, 0) is 14.4 Å². The molecule has 0 spiro atoms. The molecule has 0 radical (unpaired) electrons. The average Bonchev–Trinajstić information content (AvgIpc) is 3.79. The number of aromatic nitrogens is 3. The SMILES string of the molecule is COc1cc(C(=O)NC2CCC(N(C)CC3CCN(c4ccc(C5CCC(=O)NC5=O)nc4)CC3)CC2)ccc1Nc1ncc2c(n1)N(C1CCCC1)CC(F)(F)C(=O)N2C. The largest absolute Gasteiger partial charge is 0.495 e. The molecule has 2 saturated carbocycles. The third kappa shape index (κ3) is 9.26. The van der Waals surface area contributed by atoms with Gasteiger partial charge in [-0.25, -0.2) is 4.98 Å². The smallest absolute Gasteiger partial charge is 0.342 e. The van der Waals surface area contributed by atoms with Crippen LogP contribution in [0.5, 0.6) is 5.75 Å². The topological polar surface area (TPSA) is 165 Å². The van der Waals surface area contributed by atoms with E-state index in [0.717, 1.165) is 94.4 Å². The summed E-state index contributed by atoms with van der Waals surface area (Å²) >= 11 is 0. The van der Waals surface area contributed by atoms with Crippen LogP contribution in [0.1, 0.15) is 99.0 Å². The molecule has 4 amide bonds. The van der Waals surface area contributed by atoms with E-state index in [1.54, 1.807) is 23.1 Å². The minimum Gasteiger partial charge on any atom is -0.495 e. The molecule has 8 rings (SSSR count). The fourth-order valence-corrected chi connectivity index (χ4v) is 9.79. The molecule has 61 heavy (non-hydrogen) atoms. The maximum Gasteiger partial charge on any atom is 0.342 e. The zero-order valence-electron chi connectivity index (χ0n) is 35.2. The molecule has 2 saturated heterocycles. The predicted octanol–water partition coefficient (Wildman–Crippen LogP) is 5.39. The van der Waals surface area contributed by atoms with Crippen LogP contribution in [0.25, 0.3) is 0 Å². The van der Waals surface area contributed by atoms with Crippen molar-refractivity contribution in [3.8, 4) is 5.75 Å². The van der Waals surface area contributed by atoms with Crippen molar-refractivity contribution in [2.45, 2.75) is 107 Å². The maximum atomic E-state index is 15.0.